The van der Waals surface area contributed by atoms with Crippen LogP contribution in [0.2, 0.25) is 0 Å². The average molecular weight is 256 g/mol. The van der Waals surface area contributed by atoms with Crippen LogP contribution >= 0.6 is 0 Å². The van der Waals surface area contributed by atoms with Crippen molar-refractivity contribution in [2.24, 2.45) is 11.3 Å². The van der Waals surface area contributed by atoms with Gasteiger partial charge in [-0.05, 0) is 12.3 Å². The van der Waals surface area contributed by atoms with Gasteiger partial charge in [0.2, 0.25) is 0 Å². The highest BCUT2D eigenvalue weighted by Crippen LogP contribution is 2.42. The monoisotopic (exact) mass is 256 g/mol. The van der Waals surface area contributed by atoms with Crippen molar-refractivity contribution in [1.82, 2.24) is 0 Å². The lowest BCUT2D eigenvalue weighted by molar-refractivity contribution is -0.158. The maximum atomic E-state index is 11.8. The maximum absolute atomic E-state index is 11.8. The minimum absolute atomic E-state index is 0.310. The Morgan fingerprint density at radius 1 is 1.39 bits per heavy atom. The van der Waals surface area contributed by atoms with Crippen LogP contribution in [0, 0.1) is 11.3 Å². The molecule has 0 amide bonds. The van der Waals surface area contributed by atoms with Crippen LogP contribution in [0.15, 0.2) is 0 Å². The summed E-state index contributed by atoms with van der Waals surface area (Å²) < 4.78 is 15.6. The SMILES string of the molecule is CC(C)CCOCC1CC2(CCOC2=O)C(=O)O1. The first-order chi connectivity index (χ1) is 8.54. The van der Waals surface area contributed by atoms with Crippen LogP contribution < -0.4 is 0 Å². The van der Waals surface area contributed by atoms with E-state index in [9.17, 15) is 9.59 Å². The van der Waals surface area contributed by atoms with Crippen molar-refractivity contribution >= 4 is 11.9 Å². The quantitative estimate of drug-likeness (QED) is 0.421. The summed E-state index contributed by atoms with van der Waals surface area (Å²) in [5, 5.41) is 0. The van der Waals surface area contributed by atoms with E-state index in [1.807, 2.05) is 0 Å². The van der Waals surface area contributed by atoms with Crippen molar-refractivity contribution < 1.29 is 23.8 Å². The van der Waals surface area contributed by atoms with Crippen molar-refractivity contribution in [3.63, 3.8) is 0 Å². The van der Waals surface area contributed by atoms with Crippen LogP contribution in [0.25, 0.3) is 0 Å². The summed E-state index contributed by atoms with van der Waals surface area (Å²) in [4.78, 5) is 23.4. The number of hydrogen-bond acceptors (Lipinski definition) is 5. The van der Waals surface area contributed by atoms with Crippen molar-refractivity contribution in [3.05, 3.63) is 0 Å². The van der Waals surface area contributed by atoms with Crippen LogP contribution in [0.1, 0.15) is 33.1 Å². The van der Waals surface area contributed by atoms with E-state index in [-0.39, 0.29) is 6.10 Å². The molecule has 2 unspecified atom stereocenters. The first-order valence-electron chi connectivity index (χ1n) is 6.50. The van der Waals surface area contributed by atoms with E-state index < -0.39 is 17.4 Å². The number of ether oxygens (including phenoxy) is 3. The highest BCUT2D eigenvalue weighted by Gasteiger charge is 2.58. The molecule has 2 saturated heterocycles. The van der Waals surface area contributed by atoms with Crippen molar-refractivity contribution in [2.45, 2.75) is 39.2 Å². The highest BCUT2D eigenvalue weighted by atomic mass is 16.6. The topological polar surface area (TPSA) is 61.8 Å². The molecule has 0 aromatic heterocycles. The molecule has 0 bridgehead atoms. The average Bonchev–Trinajstić information content (AvgIpc) is 2.81. The van der Waals surface area contributed by atoms with Gasteiger partial charge in [-0.1, -0.05) is 13.8 Å². The molecule has 1 spiro atoms. The van der Waals surface area contributed by atoms with Gasteiger partial charge in [0.1, 0.15) is 6.10 Å². The summed E-state index contributed by atoms with van der Waals surface area (Å²) in [5.74, 6) is -0.285. The van der Waals surface area contributed by atoms with E-state index in [0.717, 1.165) is 6.42 Å². The van der Waals surface area contributed by atoms with Crippen molar-refractivity contribution in [2.75, 3.05) is 19.8 Å². The molecule has 0 N–H and O–H groups in total. The van der Waals surface area contributed by atoms with Crippen molar-refractivity contribution in [3.8, 4) is 0 Å². The minimum Gasteiger partial charge on any atom is -0.465 e. The van der Waals surface area contributed by atoms with E-state index in [2.05, 4.69) is 13.8 Å². The third-order valence-electron chi connectivity index (χ3n) is 3.54. The molecular weight excluding hydrogens is 236 g/mol. The van der Waals surface area contributed by atoms with E-state index in [4.69, 9.17) is 14.2 Å². The van der Waals surface area contributed by atoms with Crippen molar-refractivity contribution in [1.29, 1.82) is 0 Å². The minimum atomic E-state index is -1.04. The molecule has 2 heterocycles. The number of carbonyl (C=O) groups is 2. The fraction of sp³-hybridized carbons (Fsp3) is 0.846. The number of rotatable bonds is 5. The second-order valence-electron chi connectivity index (χ2n) is 5.46. The van der Waals surface area contributed by atoms with Gasteiger partial charge in [0.25, 0.3) is 0 Å². The normalized spacial score (nSPS) is 31.2. The predicted molar refractivity (Wildman–Crippen MR) is 62.8 cm³/mol. The number of esters is 2. The second-order valence-corrected chi connectivity index (χ2v) is 5.46. The fourth-order valence-corrected chi connectivity index (χ4v) is 2.33. The first-order valence-corrected chi connectivity index (χ1v) is 6.50. The summed E-state index contributed by atoms with van der Waals surface area (Å²) in [5.41, 5.74) is -1.04. The third kappa shape index (κ3) is 2.51. The fourth-order valence-electron chi connectivity index (χ4n) is 2.33. The lowest BCUT2D eigenvalue weighted by Crippen LogP contribution is -2.31. The number of hydrogen-bond donors (Lipinski definition) is 0. The molecule has 0 aromatic carbocycles. The van der Waals surface area contributed by atoms with Gasteiger partial charge in [-0.3, -0.25) is 9.59 Å². The smallest absolute Gasteiger partial charge is 0.324 e. The van der Waals surface area contributed by atoms with Gasteiger partial charge in [0, 0.05) is 19.4 Å². The lowest BCUT2D eigenvalue weighted by Gasteiger charge is -2.12. The molecule has 5 nitrogen and oxygen atoms in total. The van der Waals surface area contributed by atoms with E-state index >= 15 is 0 Å². The molecule has 2 aliphatic rings. The van der Waals surface area contributed by atoms with Gasteiger partial charge in [-0.2, -0.15) is 0 Å². The van der Waals surface area contributed by atoms with Gasteiger partial charge in [-0.15, -0.1) is 0 Å². The van der Waals surface area contributed by atoms with Gasteiger partial charge in [-0.25, -0.2) is 0 Å². The summed E-state index contributed by atoms with van der Waals surface area (Å²) in [6, 6.07) is 0. The van der Waals surface area contributed by atoms with E-state index in [0.29, 0.717) is 38.6 Å². The van der Waals surface area contributed by atoms with Crippen LogP contribution in [0.5, 0.6) is 0 Å². The summed E-state index contributed by atoms with van der Waals surface area (Å²) in [6.07, 6.45) is 1.50. The van der Waals surface area contributed by atoms with E-state index in [1.165, 1.54) is 0 Å². The Labute approximate surface area is 107 Å². The summed E-state index contributed by atoms with van der Waals surface area (Å²) >= 11 is 0. The highest BCUT2D eigenvalue weighted by molar-refractivity contribution is 6.02. The van der Waals surface area contributed by atoms with Gasteiger partial charge >= 0.3 is 11.9 Å². The first kappa shape index (κ1) is 13.3. The molecule has 2 fully saturated rings. The number of carbonyl (C=O) groups excluding carboxylic acids is 2. The predicted octanol–water partition coefficient (Wildman–Crippen LogP) is 1.30. The van der Waals surface area contributed by atoms with Crippen LogP contribution in [0.4, 0.5) is 0 Å². The zero-order valence-corrected chi connectivity index (χ0v) is 10.9. The zero-order valence-electron chi connectivity index (χ0n) is 10.9. The summed E-state index contributed by atoms with van der Waals surface area (Å²) in [7, 11) is 0. The molecular formula is C13H20O5. The lowest BCUT2D eigenvalue weighted by atomic mass is 9.83. The number of cyclic esters (lactones) is 2. The molecule has 5 heteroatoms. The molecule has 0 radical (unpaired) electrons. The van der Waals surface area contributed by atoms with Crippen LogP contribution in [-0.4, -0.2) is 37.9 Å². The standard InChI is InChI=1S/C13H20O5/c1-9(2)3-5-16-8-10-7-13(12(15)18-10)4-6-17-11(13)14/h9-10H,3-8H2,1-2H3. The zero-order chi connectivity index (χ0) is 13.2. The second kappa shape index (κ2) is 5.26. The third-order valence-corrected chi connectivity index (χ3v) is 3.54. The molecule has 0 aliphatic carbocycles. The van der Waals surface area contributed by atoms with Gasteiger partial charge in [0.05, 0.1) is 13.2 Å². The molecule has 2 atom stereocenters. The Hall–Kier alpha value is -1.10. The molecule has 18 heavy (non-hydrogen) atoms. The largest absolute Gasteiger partial charge is 0.465 e. The molecule has 102 valence electrons. The Balaban J connectivity index is 1.80. The Kier molecular flexibility index (Phi) is 3.90. The van der Waals surface area contributed by atoms with E-state index in [1.54, 1.807) is 0 Å². The molecule has 2 rings (SSSR count). The van der Waals surface area contributed by atoms with Crippen LogP contribution in [-0.2, 0) is 23.8 Å². The maximum Gasteiger partial charge on any atom is 0.324 e. The Morgan fingerprint density at radius 3 is 2.78 bits per heavy atom. The Bertz CT molecular complexity index is 338. The van der Waals surface area contributed by atoms with Gasteiger partial charge < -0.3 is 14.2 Å². The molecule has 2 aliphatic heterocycles. The Morgan fingerprint density at radius 2 is 2.17 bits per heavy atom. The van der Waals surface area contributed by atoms with Gasteiger partial charge in [0.15, 0.2) is 5.41 Å². The summed E-state index contributed by atoms with van der Waals surface area (Å²) in [6.45, 7) is 5.59. The van der Waals surface area contributed by atoms with Crippen LogP contribution in [0.3, 0.4) is 0 Å². The molecule has 0 aromatic rings. The molecule has 0 saturated carbocycles.